The highest BCUT2D eigenvalue weighted by Gasteiger charge is 2.15. The highest BCUT2D eigenvalue weighted by Crippen LogP contribution is 2.22. The second kappa shape index (κ2) is 11.2. The molecule has 0 atom stereocenters. The summed E-state index contributed by atoms with van der Waals surface area (Å²) in [6.07, 6.45) is 3.70. The Balaban J connectivity index is 1.16. The van der Waals surface area contributed by atoms with E-state index in [2.05, 4.69) is 26.8 Å². The maximum Gasteiger partial charge on any atom is 0.330 e. The van der Waals surface area contributed by atoms with Crippen LogP contribution in [0.5, 0.6) is 5.75 Å². The fourth-order valence-electron chi connectivity index (χ4n) is 4.23. The lowest BCUT2D eigenvalue weighted by molar-refractivity contribution is 0.0255. The molecule has 0 radical (unpaired) electrons. The van der Waals surface area contributed by atoms with Gasteiger partial charge in [-0.2, -0.15) is 0 Å². The topological polar surface area (TPSA) is 103 Å². The molecule has 3 heterocycles. The molecule has 0 amide bonds. The summed E-state index contributed by atoms with van der Waals surface area (Å²) in [5, 5.41) is 0. The number of aromatic amines is 1. The predicted molar refractivity (Wildman–Crippen MR) is 139 cm³/mol. The molecule has 2 aromatic heterocycles. The number of imidazole rings is 1. The quantitative estimate of drug-likeness (QED) is 0.335. The van der Waals surface area contributed by atoms with Crippen molar-refractivity contribution in [3.63, 3.8) is 0 Å². The Hall–Kier alpha value is -3.34. The molecule has 10 heteroatoms. The molecule has 188 valence electrons. The number of ether oxygens (including phenoxy) is 2. The monoisotopic (exact) mass is 507 g/mol. The molecule has 5 rings (SSSR count). The summed E-state index contributed by atoms with van der Waals surface area (Å²) in [4.78, 5) is 32.5. The van der Waals surface area contributed by atoms with Crippen molar-refractivity contribution in [3.8, 4) is 5.75 Å². The molecule has 1 saturated heterocycles. The normalized spacial score (nSPS) is 14.4. The van der Waals surface area contributed by atoms with Crippen molar-refractivity contribution < 1.29 is 9.47 Å². The number of hydrogen-bond donors (Lipinski definition) is 2. The third-order valence-corrected chi connectivity index (χ3v) is 7.02. The van der Waals surface area contributed by atoms with Crippen LogP contribution in [0.1, 0.15) is 30.9 Å². The van der Waals surface area contributed by atoms with Crippen LogP contribution in [-0.2, 0) is 24.4 Å². The number of rotatable bonds is 9. The zero-order valence-corrected chi connectivity index (χ0v) is 20.9. The lowest BCUT2D eigenvalue weighted by Crippen LogP contribution is -2.31. The van der Waals surface area contributed by atoms with Crippen molar-refractivity contribution in [1.82, 2.24) is 23.8 Å². The van der Waals surface area contributed by atoms with Gasteiger partial charge < -0.3 is 14.0 Å². The molecule has 0 bridgehead atoms. The molecule has 2 N–H and O–H groups in total. The molecule has 1 aliphatic heterocycles. The van der Waals surface area contributed by atoms with E-state index in [9.17, 15) is 9.59 Å². The number of aryl methyl sites for hydroxylation is 1. The summed E-state index contributed by atoms with van der Waals surface area (Å²) in [6.45, 7) is 5.09. The lowest BCUT2D eigenvalue weighted by Gasteiger charge is -2.23. The van der Waals surface area contributed by atoms with Gasteiger partial charge in [-0.3, -0.25) is 19.1 Å². The van der Waals surface area contributed by atoms with Crippen LogP contribution >= 0.6 is 11.9 Å². The molecule has 0 spiro atoms. The first-order valence-electron chi connectivity index (χ1n) is 12.1. The molecule has 0 unspecified atom stereocenters. The molecule has 1 fully saturated rings. The van der Waals surface area contributed by atoms with Gasteiger partial charge in [0, 0.05) is 30.8 Å². The Bertz CT molecular complexity index is 1420. The highest BCUT2D eigenvalue weighted by atomic mass is 32.2. The standard InChI is InChI=1S/C26H29N5O4S/c1-2-30-17-27-24-23(30)25(32)29-26(33)31(24)16-19-5-3-18(4-6-19)15-28-36-22-9-7-20(8-10-22)35-21-11-13-34-14-12-21/h3-10,17,21,28H,2,11-16H2,1H3,(H,29,32,33). The van der Waals surface area contributed by atoms with Gasteiger partial charge in [0.15, 0.2) is 11.2 Å². The summed E-state index contributed by atoms with van der Waals surface area (Å²) < 4.78 is 18.0. The molecular formula is C26H29N5O4S. The Kier molecular flexibility index (Phi) is 7.55. The van der Waals surface area contributed by atoms with E-state index in [-0.39, 0.29) is 6.10 Å². The molecule has 4 aromatic rings. The van der Waals surface area contributed by atoms with E-state index >= 15 is 0 Å². The molecular weight excluding hydrogens is 478 g/mol. The summed E-state index contributed by atoms with van der Waals surface area (Å²) in [5.74, 6) is 0.891. The van der Waals surface area contributed by atoms with Gasteiger partial charge in [0.2, 0.25) is 0 Å². The third-order valence-electron chi connectivity index (χ3n) is 6.22. The molecule has 1 aliphatic rings. The molecule has 2 aromatic carbocycles. The molecule has 9 nitrogen and oxygen atoms in total. The molecule has 0 aliphatic carbocycles. The van der Waals surface area contributed by atoms with Gasteiger partial charge in [0.25, 0.3) is 5.56 Å². The minimum absolute atomic E-state index is 0.237. The largest absolute Gasteiger partial charge is 0.490 e. The van der Waals surface area contributed by atoms with Crippen LogP contribution in [-0.4, -0.2) is 38.4 Å². The zero-order valence-electron chi connectivity index (χ0n) is 20.1. The maximum absolute atomic E-state index is 12.5. The Morgan fingerprint density at radius 2 is 1.81 bits per heavy atom. The van der Waals surface area contributed by atoms with Gasteiger partial charge in [-0.05, 0) is 54.3 Å². The fourth-order valence-corrected chi connectivity index (χ4v) is 4.91. The van der Waals surface area contributed by atoms with Crippen LogP contribution in [0.2, 0.25) is 0 Å². The van der Waals surface area contributed by atoms with Crippen LogP contribution in [0.25, 0.3) is 11.2 Å². The third kappa shape index (κ3) is 5.56. The van der Waals surface area contributed by atoms with Crippen LogP contribution in [0.3, 0.4) is 0 Å². The Labute approximate surface area is 212 Å². The number of hydrogen-bond acceptors (Lipinski definition) is 7. The first-order chi connectivity index (χ1) is 17.6. The van der Waals surface area contributed by atoms with Gasteiger partial charge in [0.1, 0.15) is 11.9 Å². The first kappa shape index (κ1) is 24.4. The lowest BCUT2D eigenvalue weighted by atomic mass is 10.1. The van der Waals surface area contributed by atoms with Crippen LogP contribution in [0.15, 0.2) is 69.3 Å². The first-order valence-corrected chi connectivity index (χ1v) is 12.9. The molecule has 36 heavy (non-hydrogen) atoms. The van der Waals surface area contributed by atoms with Crippen molar-refractivity contribution >= 4 is 23.1 Å². The summed E-state index contributed by atoms with van der Waals surface area (Å²) in [6, 6.07) is 16.2. The van der Waals surface area contributed by atoms with Crippen molar-refractivity contribution in [1.29, 1.82) is 0 Å². The van der Waals surface area contributed by atoms with Gasteiger partial charge in [-0.1, -0.05) is 24.3 Å². The maximum atomic E-state index is 12.5. The number of benzene rings is 2. The van der Waals surface area contributed by atoms with E-state index in [1.165, 1.54) is 4.57 Å². The smallest absolute Gasteiger partial charge is 0.330 e. The predicted octanol–water partition coefficient (Wildman–Crippen LogP) is 3.31. The number of nitrogens with zero attached hydrogens (tertiary/aromatic N) is 3. The number of fused-ring (bicyclic) bond motifs is 1. The van der Waals surface area contributed by atoms with E-state index in [0.717, 1.165) is 47.8 Å². The van der Waals surface area contributed by atoms with Crippen LogP contribution < -0.4 is 20.7 Å². The van der Waals surface area contributed by atoms with Gasteiger partial charge in [-0.25, -0.2) is 9.78 Å². The summed E-state index contributed by atoms with van der Waals surface area (Å²) in [7, 11) is 0. The van der Waals surface area contributed by atoms with Crippen LogP contribution in [0, 0.1) is 0 Å². The van der Waals surface area contributed by atoms with Crippen molar-refractivity contribution in [2.24, 2.45) is 0 Å². The number of nitrogens with one attached hydrogen (secondary N) is 2. The van der Waals surface area contributed by atoms with Crippen molar-refractivity contribution in [2.45, 2.75) is 50.4 Å². The highest BCUT2D eigenvalue weighted by molar-refractivity contribution is 7.97. The minimum atomic E-state index is -0.458. The van der Waals surface area contributed by atoms with Crippen LogP contribution in [0.4, 0.5) is 0 Å². The second-order valence-electron chi connectivity index (χ2n) is 8.69. The summed E-state index contributed by atoms with van der Waals surface area (Å²) >= 11 is 1.57. The Morgan fingerprint density at radius 3 is 2.53 bits per heavy atom. The van der Waals surface area contributed by atoms with Gasteiger partial charge in [0.05, 0.1) is 26.1 Å². The SMILES string of the molecule is CCn1cnc2c1c(=O)[nH]c(=O)n2Cc1ccc(CNSc2ccc(OC3CCOCC3)cc2)cc1. The average molecular weight is 508 g/mol. The van der Waals surface area contributed by atoms with E-state index in [4.69, 9.17) is 9.47 Å². The van der Waals surface area contributed by atoms with E-state index in [0.29, 0.717) is 30.8 Å². The minimum Gasteiger partial charge on any atom is -0.490 e. The van der Waals surface area contributed by atoms with Gasteiger partial charge >= 0.3 is 5.69 Å². The van der Waals surface area contributed by atoms with E-state index in [1.807, 2.05) is 43.3 Å². The van der Waals surface area contributed by atoms with Gasteiger partial charge in [-0.15, -0.1) is 0 Å². The fraction of sp³-hybridized carbons (Fsp3) is 0.346. The van der Waals surface area contributed by atoms with Crippen molar-refractivity contribution in [3.05, 3.63) is 86.8 Å². The average Bonchev–Trinajstić information content (AvgIpc) is 3.34. The Morgan fingerprint density at radius 1 is 1.08 bits per heavy atom. The number of H-pyrrole nitrogens is 1. The summed E-state index contributed by atoms with van der Waals surface area (Å²) in [5.41, 5.74) is 2.02. The zero-order chi connectivity index (χ0) is 24.9. The molecule has 0 saturated carbocycles. The second-order valence-corrected chi connectivity index (χ2v) is 9.65. The van der Waals surface area contributed by atoms with E-state index < -0.39 is 11.2 Å². The van der Waals surface area contributed by atoms with E-state index in [1.54, 1.807) is 22.8 Å². The number of aromatic nitrogens is 4. The van der Waals surface area contributed by atoms with Crippen molar-refractivity contribution in [2.75, 3.05) is 13.2 Å².